The third-order valence-corrected chi connectivity index (χ3v) is 5.00. The minimum Gasteiger partial charge on any atom is -0.353 e. The molecular weight excluding hydrogens is 316 g/mol. The summed E-state index contributed by atoms with van der Waals surface area (Å²) >= 11 is 0. The number of ketones is 1. The summed E-state index contributed by atoms with van der Waals surface area (Å²) in [6.45, 7) is 5.36. The maximum Gasteiger partial charge on any atom is 0.240 e. The molecule has 0 aliphatic heterocycles. The van der Waals surface area contributed by atoms with Crippen LogP contribution in [0.3, 0.4) is 0 Å². The van der Waals surface area contributed by atoms with Crippen molar-refractivity contribution in [3.63, 3.8) is 0 Å². The lowest BCUT2D eigenvalue weighted by atomic mass is 10.1. The average molecular weight is 340 g/mol. The molecule has 0 saturated carbocycles. The van der Waals surface area contributed by atoms with E-state index in [2.05, 4.69) is 10.0 Å². The number of Topliss-reactive ketones (excluding diaryl/α,β-unsaturated/α-hetero) is 1. The lowest BCUT2D eigenvalue weighted by Crippen LogP contribution is -2.36. The summed E-state index contributed by atoms with van der Waals surface area (Å²) in [7, 11) is -3.73. The van der Waals surface area contributed by atoms with Gasteiger partial charge in [-0.25, -0.2) is 13.1 Å². The Morgan fingerprint density at radius 3 is 2.39 bits per heavy atom. The van der Waals surface area contributed by atoms with E-state index in [4.69, 9.17) is 0 Å². The number of hydrogen-bond donors (Lipinski definition) is 2. The second kappa shape index (κ2) is 8.79. The summed E-state index contributed by atoms with van der Waals surface area (Å²) in [5.41, 5.74) is 0.333. The first-order chi connectivity index (χ1) is 10.8. The Hall–Kier alpha value is -1.73. The molecule has 0 fully saturated rings. The van der Waals surface area contributed by atoms with Crippen molar-refractivity contribution in [2.24, 2.45) is 0 Å². The predicted molar refractivity (Wildman–Crippen MR) is 88.8 cm³/mol. The molecule has 2 N–H and O–H groups in total. The largest absolute Gasteiger partial charge is 0.353 e. The fourth-order valence-electron chi connectivity index (χ4n) is 2.06. The summed E-state index contributed by atoms with van der Waals surface area (Å²) in [5.74, 6) is -0.384. The average Bonchev–Trinajstić information content (AvgIpc) is 2.52. The van der Waals surface area contributed by atoms with Gasteiger partial charge in [0, 0.05) is 24.6 Å². The lowest BCUT2D eigenvalue weighted by Gasteiger charge is -2.14. The maximum atomic E-state index is 12.2. The Kier molecular flexibility index (Phi) is 7.38. The molecule has 0 heterocycles. The van der Waals surface area contributed by atoms with Gasteiger partial charge in [-0.15, -0.1) is 0 Å². The van der Waals surface area contributed by atoms with Crippen molar-refractivity contribution in [2.45, 2.75) is 51.0 Å². The highest BCUT2D eigenvalue weighted by molar-refractivity contribution is 7.89. The molecule has 0 unspecified atom stereocenters. The molecule has 6 nitrogen and oxygen atoms in total. The van der Waals surface area contributed by atoms with E-state index in [-0.39, 0.29) is 35.6 Å². The van der Waals surface area contributed by atoms with Crippen molar-refractivity contribution in [1.82, 2.24) is 10.0 Å². The van der Waals surface area contributed by atoms with Gasteiger partial charge in [0.2, 0.25) is 15.9 Å². The second-order valence-electron chi connectivity index (χ2n) is 5.31. The smallest absolute Gasteiger partial charge is 0.240 e. The van der Waals surface area contributed by atoms with Crippen molar-refractivity contribution in [2.75, 3.05) is 6.54 Å². The molecule has 0 aromatic heterocycles. The van der Waals surface area contributed by atoms with Gasteiger partial charge in [0.05, 0.1) is 4.90 Å². The molecule has 1 amide bonds. The molecule has 1 aromatic carbocycles. The van der Waals surface area contributed by atoms with E-state index in [1.165, 1.54) is 25.1 Å². The standard InChI is InChI=1S/C16H24N2O4S/c1-4-14(5-2)18-16(20)9-10-17-23(21,22)15-8-6-7-13(11-15)12(3)19/h6-8,11,14,17H,4-5,9-10H2,1-3H3,(H,18,20). The van der Waals surface area contributed by atoms with Gasteiger partial charge in [-0.05, 0) is 31.9 Å². The zero-order chi connectivity index (χ0) is 17.5. The van der Waals surface area contributed by atoms with E-state index in [0.29, 0.717) is 5.56 Å². The van der Waals surface area contributed by atoms with Crippen LogP contribution >= 0.6 is 0 Å². The third kappa shape index (κ3) is 6.11. The van der Waals surface area contributed by atoms with Crippen LogP contribution in [-0.2, 0) is 14.8 Å². The van der Waals surface area contributed by atoms with Crippen LogP contribution < -0.4 is 10.0 Å². The summed E-state index contributed by atoms with van der Waals surface area (Å²) in [6, 6.07) is 5.94. The number of sulfonamides is 1. The fourth-order valence-corrected chi connectivity index (χ4v) is 3.13. The highest BCUT2D eigenvalue weighted by Gasteiger charge is 2.16. The number of hydrogen-bond acceptors (Lipinski definition) is 4. The van der Waals surface area contributed by atoms with Crippen molar-refractivity contribution in [3.8, 4) is 0 Å². The number of carbonyl (C=O) groups excluding carboxylic acids is 2. The minimum atomic E-state index is -3.73. The number of amides is 1. The molecule has 0 aliphatic carbocycles. The van der Waals surface area contributed by atoms with Crippen LogP contribution in [0.1, 0.15) is 50.4 Å². The summed E-state index contributed by atoms with van der Waals surface area (Å²) in [6.07, 6.45) is 1.75. The molecule has 0 bridgehead atoms. The van der Waals surface area contributed by atoms with E-state index in [9.17, 15) is 18.0 Å². The third-order valence-electron chi connectivity index (χ3n) is 3.55. The maximum absolute atomic E-state index is 12.2. The molecule has 1 rings (SSSR count). The van der Waals surface area contributed by atoms with Gasteiger partial charge in [-0.2, -0.15) is 0 Å². The molecule has 0 spiro atoms. The van der Waals surface area contributed by atoms with Crippen LogP contribution in [-0.4, -0.2) is 32.7 Å². The first-order valence-corrected chi connectivity index (χ1v) is 9.18. The predicted octanol–water partition coefficient (Wildman–Crippen LogP) is 1.86. The second-order valence-corrected chi connectivity index (χ2v) is 7.08. The van der Waals surface area contributed by atoms with Crippen molar-refractivity contribution >= 4 is 21.7 Å². The zero-order valence-corrected chi connectivity index (χ0v) is 14.6. The van der Waals surface area contributed by atoms with Crippen molar-refractivity contribution < 1.29 is 18.0 Å². The molecule has 0 atom stereocenters. The Labute approximate surface area is 137 Å². The van der Waals surface area contributed by atoms with Crippen LogP contribution in [0, 0.1) is 0 Å². The molecular formula is C16H24N2O4S. The Balaban J connectivity index is 2.61. The molecule has 0 saturated heterocycles. The van der Waals surface area contributed by atoms with Gasteiger partial charge in [-0.3, -0.25) is 9.59 Å². The van der Waals surface area contributed by atoms with E-state index < -0.39 is 10.0 Å². The van der Waals surface area contributed by atoms with Crippen molar-refractivity contribution in [3.05, 3.63) is 29.8 Å². The highest BCUT2D eigenvalue weighted by Crippen LogP contribution is 2.12. The van der Waals surface area contributed by atoms with Crippen LogP contribution in [0.2, 0.25) is 0 Å². The Bertz CT molecular complexity index is 652. The summed E-state index contributed by atoms with van der Waals surface area (Å²) in [5, 5.41) is 2.85. The first kappa shape index (κ1) is 19.3. The Morgan fingerprint density at radius 2 is 1.83 bits per heavy atom. The fraction of sp³-hybridized carbons (Fsp3) is 0.500. The molecule has 0 radical (unpaired) electrons. The van der Waals surface area contributed by atoms with E-state index >= 15 is 0 Å². The number of nitrogens with one attached hydrogen (secondary N) is 2. The summed E-state index contributed by atoms with van der Waals surface area (Å²) in [4.78, 5) is 23.1. The lowest BCUT2D eigenvalue weighted by molar-refractivity contribution is -0.121. The van der Waals surface area contributed by atoms with Gasteiger partial charge in [0.25, 0.3) is 0 Å². The van der Waals surface area contributed by atoms with Crippen LogP contribution in [0.4, 0.5) is 0 Å². The number of rotatable bonds is 9. The monoisotopic (exact) mass is 340 g/mol. The van der Waals surface area contributed by atoms with Gasteiger partial charge in [0.1, 0.15) is 0 Å². The first-order valence-electron chi connectivity index (χ1n) is 7.70. The number of carbonyl (C=O) groups is 2. The van der Waals surface area contributed by atoms with E-state index in [1.54, 1.807) is 6.07 Å². The van der Waals surface area contributed by atoms with E-state index in [0.717, 1.165) is 12.8 Å². The van der Waals surface area contributed by atoms with Gasteiger partial charge >= 0.3 is 0 Å². The topological polar surface area (TPSA) is 92.3 Å². The van der Waals surface area contributed by atoms with Gasteiger partial charge in [-0.1, -0.05) is 26.0 Å². The SMILES string of the molecule is CCC(CC)NC(=O)CCNS(=O)(=O)c1cccc(C(C)=O)c1. The molecule has 23 heavy (non-hydrogen) atoms. The molecule has 1 aromatic rings. The molecule has 0 aliphatic rings. The minimum absolute atomic E-state index is 0.0125. The molecule has 7 heteroatoms. The van der Waals surface area contributed by atoms with Crippen molar-refractivity contribution in [1.29, 1.82) is 0 Å². The van der Waals surface area contributed by atoms with Crippen LogP contribution in [0.15, 0.2) is 29.2 Å². The molecule has 128 valence electrons. The normalized spacial score (nSPS) is 11.5. The summed E-state index contributed by atoms with van der Waals surface area (Å²) < 4.78 is 26.7. The van der Waals surface area contributed by atoms with Crippen LogP contribution in [0.5, 0.6) is 0 Å². The number of benzene rings is 1. The van der Waals surface area contributed by atoms with E-state index in [1.807, 2.05) is 13.8 Å². The van der Waals surface area contributed by atoms with Crippen LogP contribution in [0.25, 0.3) is 0 Å². The Morgan fingerprint density at radius 1 is 1.17 bits per heavy atom. The quantitative estimate of drug-likeness (QED) is 0.671. The zero-order valence-electron chi connectivity index (χ0n) is 13.8. The van der Waals surface area contributed by atoms with Gasteiger partial charge < -0.3 is 5.32 Å². The highest BCUT2D eigenvalue weighted by atomic mass is 32.2. The van der Waals surface area contributed by atoms with Gasteiger partial charge in [0.15, 0.2) is 5.78 Å².